The summed E-state index contributed by atoms with van der Waals surface area (Å²) < 4.78 is 0. The lowest BCUT2D eigenvalue weighted by molar-refractivity contribution is 0.0790. The molecule has 6 aromatic rings. The molecule has 9 rings (SSSR count). The minimum absolute atomic E-state index is 0.00261. The number of rotatable bonds is 4. The number of benzene rings is 2. The summed E-state index contributed by atoms with van der Waals surface area (Å²) >= 11 is 7.14. The number of Topliss-reactive ketones (excluding diaryl/α,β-unsaturated/α-hetero) is 2. The van der Waals surface area contributed by atoms with E-state index in [2.05, 4.69) is 98.8 Å². The molecule has 3 aliphatic rings. The Balaban J connectivity index is 0.971. The van der Waals surface area contributed by atoms with E-state index in [9.17, 15) is 9.59 Å². The Morgan fingerprint density at radius 2 is 0.841 bits per heavy atom. The zero-order chi connectivity index (χ0) is 29.7. The van der Waals surface area contributed by atoms with Crippen LogP contribution in [0, 0.1) is 25.7 Å². The minimum atomic E-state index is -0.00261. The van der Waals surface area contributed by atoms with Crippen molar-refractivity contribution in [2.45, 2.75) is 38.5 Å². The third-order valence-electron chi connectivity index (χ3n) is 9.76. The van der Waals surface area contributed by atoms with Crippen molar-refractivity contribution in [2.24, 2.45) is 11.8 Å². The molecule has 0 spiro atoms. The molecule has 4 atom stereocenters. The number of hydrogen-bond acceptors (Lipinski definition) is 6. The van der Waals surface area contributed by atoms with Crippen LogP contribution in [-0.4, -0.2) is 11.6 Å². The minimum Gasteiger partial charge on any atom is -0.294 e. The van der Waals surface area contributed by atoms with E-state index in [0.29, 0.717) is 11.6 Å². The Bertz CT molecular complexity index is 1950. The van der Waals surface area contributed by atoms with Crippen molar-refractivity contribution in [3.8, 4) is 40.4 Å². The molecule has 4 aromatic heterocycles. The number of hydrogen-bond donors (Lipinski definition) is 0. The van der Waals surface area contributed by atoms with Crippen molar-refractivity contribution in [3.63, 3.8) is 0 Å². The number of carbonyl (C=O) groups is 2. The first-order valence-electron chi connectivity index (χ1n) is 15.1. The lowest BCUT2D eigenvalue weighted by Gasteiger charge is -2.33. The lowest BCUT2D eigenvalue weighted by atomic mass is 9.70. The second-order valence-electron chi connectivity index (χ2n) is 12.5. The highest BCUT2D eigenvalue weighted by Crippen LogP contribution is 2.61. The van der Waals surface area contributed by atoms with Gasteiger partial charge in [-0.1, -0.05) is 59.7 Å². The van der Waals surface area contributed by atoms with Gasteiger partial charge in [0.05, 0.1) is 0 Å². The molecule has 2 nitrogen and oxygen atoms in total. The van der Waals surface area contributed by atoms with Crippen LogP contribution in [0.15, 0.2) is 84.9 Å². The highest BCUT2D eigenvalue weighted by atomic mass is 32.1. The molecule has 0 aliphatic heterocycles. The molecule has 0 bridgehead atoms. The largest absolute Gasteiger partial charge is 0.294 e. The highest BCUT2D eigenvalue weighted by molar-refractivity contribution is 7.24. The van der Waals surface area contributed by atoms with E-state index in [-0.39, 0.29) is 23.7 Å². The third kappa shape index (κ3) is 4.15. The first-order chi connectivity index (χ1) is 21.4. The molecular formula is C38H28O2S4. The summed E-state index contributed by atoms with van der Waals surface area (Å²) in [5.74, 6) is 0.913. The van der Waals surface area contributed by atoms with Gasteiger partial charge in [-0.3, -0.25) is 9.59 Å². The van der Waals surface area contributed by atoms with Gasteiger partial charge in [0, 0.05) is 73.8 Å². The van der Waals surface area contributed by atoms with Gasteiger partial charge < -0.3 is 0 Å². The fraction of sp³-hybridized carbons (Fsp3) is 0.211. The van der Waals surface area contributed by atoms with Crippen LogP contribution in [0.1, 0.15) is 66.3 Å². The molecule has 2 aromatic carbocycles. The fourth-order valence-corrected chi connectivity index (χ4v) is 12.3. The normalized spacial score (nSPS) is 21.8. The molecule has 6 heteroatoms. The Kier molecular flexibility index (Phi) is 6.15. The van der Waals surface area contributed by atoms with E-state index in [4.69, 9.17) is 0 Å². The van der Waals surface area contributed by atoms with Crippen LogP contribution < -0.4 is 0 Å². The predicted octanol–water partition coefficient (Wildman–Crippen LogP) is 11.5. The summed E-state index contributed by atoms with van der Waals surface area (Å²) in [6.45, 7) is 4.22. The molecule has 1 fully saturated rings. The van der Waals surface area contributed by atoms with Crippen molar-refractivity contribution in [3.05, 3.63) is 117 Å². The van der Waals surface area contributed by atoms with Crippen molar-refractivity contribution in [1.29, 1.82) is 0 Å². The van der Waals surface area contributed by atoms with Crippen LogP contribution in [0.25, 0.3) is 40.4 Å². The molecule has 0 saturated heterocycles. The Morgan fingerprint density at radius 3 is 1.25 bits per heavy atom. The standard InChI is InChI=1S/C38H28O2S4/c1-19-3-7-21(8-4-19)29-11-13-31(41-29)33-17-27-35(39)23-16-26-24(15-25(23)37(27)43-33)36(40)28-18-34(44-38(26)28)32-14-12-30(42-32)22-9-5-20(2)6-10-22/h3-14,17-18,23-26H,15-16H2,1-2H3. The van der Waals surface area contributed by atoms with Crippen LogP contribution in [0.3, 0.4) is 0 Å². The third-order valence-corrected chi connectivity index (χ3v) is 15.0. The summed E-state index contributed by atoms with van der Waals surface area (Å²) in [4.78, 5) is 37.4. The van der Waals surface area contributed by atoms with Gasteiger partial charge >= 0.3 is 0 Å². The first kappa shape index (κ1) is 26.9. The second-order valence-corrected chi connectivity index (χ2v) is 16.8. The Labute approximate surface area is 272 Å². The van der Waals surface area contributed by atoms with Crippen LogP contribution in [0.2, 0.25) is 0 Å². The second kappa shape index (κ2) is 10.0. The maximum Gasteiger partial charge on any atom is 0.167 e. The van der Waals surface area contributed by atoms with E-state index in [1.165, 1.54) is 61.3 Å². The smallest absolute Gasteiger partial charge is 0.167 e. The average molecular weight is 645 g/mol. The molecule has 0 amide bonds. The summed E-state index contributed by atoms with van der Waals surface area (Å²) in [6, 6.07) is 30.3. The molecule has 0 N–H and O–H groups in total. The number of thiophene rings is 4. The van der Waals surface area contributed by atoms with E-state index in [0.717, 1.165) is 24.0 Å². The molecule has 1 saturated carbocycles. The Hall–Kier alpha value is -3.42. The Morgan fingerprint density at radius 1 is 0.455 bits per heavy atom. The van der Waals surface area contributed by atoms with Gasteiger partial charge in [0.1, 0.15) is 0 Å². The molecule has 216 valence electrons. The maximum atomic E-state index is 13.8. The predicted molar refractivity (Wildman–Crippen MR) is 186 cm³/mol. The molecule has 4 heterocycles. The molecule has 0 radical (unpaired) electrons. The van der Waals surface area contributed by atoms with Crippen molar-refractivity contribution in [2.75, 3.05) is 0 Å². The monoisotopic (exact) mass is 644 g/mol. The van der Waals surface area contributed by atoms with Crippen LogP contribution >= 0.6 is 45.3 Å². The number of fused-ring (bicyclic) bond motifs is 6. The van der Waals surface area contributed by atoms with Gasteiger partial charge in [0.15, 0.2) is 11.6 Å². The quantitative estimate of drug-likeness (QED) is 0.191. The SMILES string of the molecule is Cc1ccc(-c2ccc(-c3cc4c(s3)C3CC5C(=O)c6cc(-c7ccc(-c8ccc(C)cc8)s7)sc6C5CC3C4=O)s2)cc1. The topological polar surface area (TPSA) is 34.1 Å². The molecular weight excluding hydrogens is 617 g/mol. The van der Waals surface area contributed by atoms with Gasteiger partial charge in [-0.25, -0.2) is 0 Å². The van der Waals surface area contributed by atoms with E-state index < -0.39 is 0 Å². The summed E-state index contributed by atoms with van der Waals surface area (Å²) in [6.07, 6.45) is 1.58. The fourth-order valence-electron chi connectivity index (χ4n) is 7.44. The van der Waals surface area contributed by atoms with Gasteiger partial charge in [-0.05, 0) is 74.2 Å². The van der Waals surface area contributed by atoms with Crippen LogP contribution in [-0.2, 0) is 0 Å². The maximum absolute atomic E-state index is 13.8. The summed E-state index contributed by atoms with van der Waals surface area (Å²) in [7, 11) is 0. The number of ketones is 2. The van der Waals surface area contributed by atoms with Crippen molar-refractivity contribution in [1.82, 2.24) is 0 Å². The van der Waals surface area contributed by atoms with Gasteiger partial charge in [-0.15, -0.1) is 45.3 Å². The summed E-state index contributed by atoms with van der Waals surface area (Å²) in [5.41, 5.74) is 6.79. The highest BCUT2D eigenvalue weighted by Gasteiger charge is 2.53. The molecule has 44 heavy (non-hydrogen) atoms. The summed E-state index contributed by atoms with van der Waals surface area (Å²) in [5, 5.41) is 0. The van der Waals surface area contributed by atoms with E-state index in [1.54, 1.807) is 45.3 Å². The van der Waals surface area contributed by atoms with Crippen LogP contribution in [0.5, 0.6) is 0 Å². The van der Waals surface area contributed by atoms with Crippen molar-refractivity contribution >= 4 is 56.9 Å². The zero-order valence-electron chi connectivity index (χ0n) is 24.3. The van der Waals surface area contributed by atoms with Gasteiger partial charge in [0.2, 0.25) is 0 Å². The van der Waals surface area contributed by atoms with E-state index in [1.807, 2.05) is 0 Å². The average Bonchev–Trinajstić information content (AvgIpc) is 3.87. The van der Waals surface area contributed by atoms with Crippen molar-refractivity contribution < 1.29 is 9.59 Å². The van der Waals surface area contributed by atoms with E-state index >= 15 is 0 Å². The number of aryl methyl sites for hydroxylation is 2. The molecule has 4 unspecified atom stereocenters. The van der Waals surface area contributed by atoms with Gasteiger partial charge in [0.25, 0.3) is 0 Å². The first-order valence-corrected chi connectivity index (χ1v) is 18.4. The van der Waals surface area contributed by atoms with Gasteiger partial charge in [-0.2, -0.15) is 0 Å². The lowest BCUT2D eigenvalue weighted by Crippen LogP contribution is -2.29. The molecule has 3 aliphatic carbocycles. The number of carbonyl (C=O) groups excluding carboxylic acids is 2. The zero-order valence-corrected chi connectivity index (χ0v) is 27.5. The van der Waals surface area contributed by atoms with Crippen LogP contribution in [0.4, 0.5) is 0 Å².